The van der Waals surface area contributed by atoms with Crippen LogP contribution < -0.4 is 9.80 Å². The quantitative estimate of drug-likeness (QED) is 0.479. The van der Waals surface area contributed by atoms with Crippen molar-refractivity contribution in [1.29, 1.82) is 0 Å². The molecule has 0 radical (unpaired) electrons. The monoisotopic (exact) mass is 459 g/mol. The fourth-order valence-electron chi connectivity index (χ4n) is 4.97. The van der Waals surface area contributed by atoms with Crippen molar-refractivity contribution in [2.45, 2.75) is 39.3 Å². The highest BCUT2D eigenvalue weighted by Gasteiger charge is 2.38. The fraction of sp³-hybridized carbons (Fsp3) is 0.440. The molecule has 2 aliphatic heterocycles. The first kappa shape index (κ1) is 21.1. The van der Waals surface area contributed by atoms with Gasteiger partial charge in [-0.05, 0) is 25.0 Å². The molecular weight excluding hydrogens is 430 g/mol. The lowest BCUT2D eigenvalue weighted by atomic mass is 10.1. The number of H-pyrrole nitrogens is 1. The zero-order chi connectivity index (χ0) is 23.2. The molecule has 0 aliphatic carbocycles. The summed E-state index contributed by atoms with van der Waals surface area (Å²) >= 11 is 0. The Kier molecular flexibility index (Phi) is 5.21. The molecule has 2 atom stereocenters. The van der Waals surface area contributed by atoms with Crippen LogP contribution in [-0.4, -0.2) is 57.5 Å². The highest BCUT2D eigenvalue weighted by molar-refractivity contribution is 5.93. The van der Waals surface area contributed by atoms with Crippen molar-refractivity contribution in [1.82, 2.24) is 25.1 Å². The fourth-order valence-corrected chi connectivity index (χ4v) is 4.97. The van der Waals surface area contributed by atoms with E-state index in [9.17, 15) is 0 Å². The Morgan fingerprint density at radius 1 is 1.18 bits per heavy atom. The maximum absolute atomic E-state index is 6.04. The molecule has 4 aromatic rings. The molecule has 6 rings (SSSR count). The summed E-state index contributed by atoms with van der Waals surface area (Å²) in [6, 6.07) is 8.35. The van der Waals surface area contributed by atoms with E-state index in [2.05, 4.69) is 64.0 Å². The van der Waals surface area contributed by atoms with Crippen LogP contribution in [0.2, 0.25) is 0 Å². The number of morpholine rings is 1. The second-order valence-electron chi connectivity index (χ2n) is 9.53. The van der Waals surface area contributed by atoms with E-state index in [0.29, 0.717) is 30.9 Å². The Hall–Kier alpha value is -3.46. The molecule has 1 unspecified atom stereocenters. The molecule has 1 fully saturated rings. The largest absolute Gasteiger partial charge is 0.423 e. The predicted octanol–water partition coefficient (Wildman–Crippen LogP) is 3.99. The number of hydrogen-bond donors (Lipinski definition) is 1. The molecule has 176 valence electrons. The molecular formula is C25H29N7O2. The Labute approximate surface area is 198 Å². The number of anilines is 2. The molecule has 1 saturated heterocycles. The third kappa shape index (κ3) is 3.60. The summed E-state index contributed by atoms with van der Waals surface area (Å²) in [6.07, 6.45) is 4.67. The van der Waals surface area contributed by atoms with Gasteiger partial charge in [-0.15, -0.1) is 10.2 Å². The molecule has 0 saturated carbocycles. The Morgan fingerprint density at radius 2 is 2.09 bits per heavy atom. The summed E-state index contributed by atoms with van der Waals surface area (Å²) in [5.41, 5.74) is 3.08. The molecule has 5 heterocycles. The van der Waals surface area contributed by atoms with Crippen LogP contribution >= 0.6 is 0 Å². The number of fused-ring (bicyclic) bond motifs is 4. The van der Waals surface area contributed by atoms with E-state index < -0.39 is 0 Å². The van der Waals surface area contributed by atoms with E-state index in [1.165, 1.54) is 0 Å². The summed E-state index contributed by atoms with van der Waals surface area (Å²) in [7, 11) is 0. The van der Waals surface area contributed by atoms with E-state index in [4.69, 9.17) is 19.1 Å². The van der Waals surface area contributed by atoms with Gasteiger partial charge in [-0.2, -0.15) is 0 Å². The first-order chi connectivity index (χ1) is 16.6. The minimum absolute atomic E-state index is 0.0983. The predicted molar refractivity (Wildman–Crippen MR) is 130 cm³/mol. The zero-order valence-electron chi connectivity index (χ0n) is 19.7. The van der Waals surface area contributed by atoms with Crippen LogP contribution in [0.25, 0.3) is 22.3 Å². The van der Waals surface area contributed by atoms with Crippen LogP contribution in [0.5, 0.6) is 0 Å². The lowest BCUT2D eigenvalue weighted by Gasteiger charge is -2.46. The van der Waals surface area contributed by atoms with Gasteiger partial charge in [0.1, 0.15) is 6.04 Å². The third-order valence-corrected chi connectivity index (χ3v) is 6.69. The second kappa shape index (κ2) is 8.39. The number of hydrogen-bond acceptors (Lipinski definition) is 8. The summed E-state index contributed by atoms with van der Waals surface area (Å²) in [4.78, 5) is 17.8. The molecule has 0 amide bonds. The zero-order valence-corrected chi connectivity index (χ0v) is 19.7. The SMILES string of the molecule is CC(C)Cc1nnc(C(C)N2C[C@@H]3COCCN3c3nc(-c4cccc5[nH]ccc45)ncc32)o1. The molecule has 9 nitrogen and oxygen atoms in total. The van der Waals surface area contributed by atoms with Crippen LogP contribution in [-0.2, 0) is 11.2 Å². The number of rotatable bonds is 5. The van der Waals surface area contributed by atoms with E-state index in [0.717, 1.165) is 53.3 Å². The summed E-state index contributed by atoms with van der Waals surface area (Å²) in [6.45, 7) is 9.35. The van der Waals surface area contributed by atoms with Gasteiger partial charge < -0.3 is 23.9 Å². The number of nitrogens with zero attached hydrogens (tertiary/aromatic N) is 6. The van der Waals surface area contributed by atoms with Crippen molar-refractivity contribution < 1.29 is 9.15 Å². The highest BCUT2D eigenvalue weighted by Crippen LogP contribution is 2.40. The van der Waals surface area contributed by atoms with Crippen molar-refractivity contribution >= 4 is 22.4 Å². The summed E-state index contributed by atoms with van der Waals surface area (Å²) < 4.78 is 11.9. The van der Waals surface area contributed by atoms with Crippen molar-refractivity contribution in [3.8, 4) is 11.4 Å². The molecule has 1 N–H and O–H groups in total. The summed E-state index contributed by atoms with van der Waals surface area (Å²) in [5.74, 6) is 3.42. The molecule has 1 aromatic carbocycles. The topological polar surface area (TPSA) is 96.2 Å². The third-order valence-electron chi connectivity index (χ3n) is 6.69. The number of ether oxygens (including phenoxy) is 1. The van der Waals surface area contributed by atoms with Crippen molar-refractivity contribution in [3.63, 3.8) is 0 Å². The average Bonchev–Trinajstić information content (AvgIpc) is 3.52. The summed E-state index contributed by atoms with van der Waals surface area (Å²) in [5, 5.41) is 9.76. The Bertz CT molecular complexity index is 1310. The number of nitrogens with one attached hydrogen (secondary N) is 1. The van der Waals surface area contributed by atoms with Crippen molar-refractivity contribution in [3.05, 3.63) is 48.4 Å². The Balaban J connectivity index is 1.40. The number of aromatic nitrogens is 5. The van der Waals surface area contributed by atoms with E-state index in [1.807, 2.05) is 18.5 Å². The van der Waals surface area contributed by atoms with Gasteiger partial charge in [0.05, 0.1) is 31.1 Å². The van der Waals surface area contributed by atoms with Crippen molar-refractivity contribution in [2.24, 2.45) is 5.92 Å². The van der Waals surface area contributed by atoms with Crippen LogP contribution in [0.15, 0.2) is 41.1 Å². The molecule has 0 bridgehead atoms. The molecule has 34 heavy (non-hydrogen) atoms. The van der Waals surface area contributed by atoms with Gasteiger partial charge in [-0.25, -0.2) is 9.97 Å². The molecule has 3 aromatic heterocycles. The van der Waals surface area contributed by atoms with Gasteiger partial charge in [-0.1, -0.05) is 26.0 Å². The van der Waals surface area contributed by atoms with Crippen LogP contribution in [0.4, 0.5) is 11.5 Å². The lowest BCUT2D eigenvalue weighted by molar-refractivity contribution is 0.0929. The van der Waals surface area contributed by atoms with Crippen LogP contribution in [0.3, 0.4) is 0 Å². The maximum Gasteiger partial charge on any atom is 0.238 e. The minimum Gasteiger partial charge on any atom is -0.423 e. The molecule has 2 aliphatic rings. The highest BCUT2D eigenvalue weighted by atomic mass is 16.5. The molecule has 0 spiro atoms. The normalized spacial score (nSPS) is 18.9. The lowest BCUT2D eigenvalue weighted by Crippen LogP contribution is -2.56. The first-order valence-electron chi connectivity index (χ1n) is 12.0. The Morgan fingerprint density at radius 3 is 2.97 bits per heavy atom. The van der Waals surface area contributed by atoms with Crippen LogP contribution in [0.1, 0.15) is 38.6 Å². The van der Waals surface area contributed by atoms with Crippen molar-refractivity contribution in [2.75, 3.05) is 36.1 Å². The smallest absolute Gasteiger partial charge is 0.238 e. The minimum atomic E-state index is -0.0983. The van der Waals surface area contributed by atoms with Gasteiger partial charge >= 0.3 is 0 Å². The van der Waals surface area contributed by atoms with Gasteiger partial charge in [0.2, 0.25) is 11.8 Å². The average molecular weight is 460 g/mol. The van der Waals surface area contributed by atoms with Gasteiger partial charge in [0.25, 0.3) is 0 Å². The number of aromatic amines is 1. The van der Waals surface area contributed by atoms with Gasteiger partial charge in [-0.3, -0.25) is 0 Å². The number of benzene rings is 1. The second-order valence-corrected chi connectivity index (χ2v) is 9.53. The van der Waals surface area contributed by atoms with E-state index in [1.54, 1.807) is 0 Å². The van der Waals surface area contributed by atoms with Gasteiger partial charge in [0, 0.05) is 42.2 Å². The standard InChI is InChI=1S/C25H29N7O2/c1-15(2)11-22-29-30-25(34-22)16(3)32-13-17-14-33-10-9-31(17)24-21(32)12-27-23(28-24)19-5-4-6-20-18(19)7-8-26-20/h4-8,12,15-17,26H,9-11,13-14H2,1-3H3/t16?,17-/m1/s1. The molecule has 9 heteroatoms. The van der Waals surface area contributed by atoms with Gasteiger partial charge in [0.15, 0.2) is 11.6 Å². The van der Waals surface area contributed by atoms with Crippen LogP contribution in [0, 0.1) is 5.92 Å². The first-order valence-corrected chi connectivity index (χ1v) is 12.0. The van der Waals surface area contributed by atoms with E-state index >= 15 is 0 Å². The maximum atomic E-state index is 6.04. The van der Waals surface area contributed by atoms with E-state index in [-0.39, 0.29) is 12.1 Å².